The molecule has 29 heavy (non-hydrogen) atoms. The maximum absolute atomic E-state index is 12.5. The summed E-state index contributed by atoms with van der Waals surface area (Å²) in [5.41, 5.74) is 2.38. The molecule has 152 valence electrons. The van der Waals surface area contributed by atoms with E-state index in [4.69, 9.17) is 4.74 Å². The van der Waals surface area contributed by atoms with E-state index in [1.165, 1.54) is 10.5 Å². The number of nitrogens with zero attached hydrogens (tertiary/aromatic N) is 1. The van der Waals surface area contributed by atoms with Crippen LogP contribution < -0.4 is 10.6 Å². The van der Waals surface area contributed by atoms with Gasteiger partial charge in [-0.25, -0.2) is 4.79 Å². The van der Waals surface area contributed by atoms with E-state index in [0.29, 0.717) is 42.9 Å². The van der Waals surface area contributed by atoms with E-state index >= 15 is 0 Å². The number of rotatable bonds is 9. The summed E-state index contributed by atoms with van der Waals surface area (Å²) in [5.74, 6) is -0.647. The van der Waals surface area contributed by atoms with E-state index in [2.05, 4.69) is 22.8 Å². The van der Waals surface area contributed by atoms with Gasteiger partial charge in [0.2, 0.25) is 0 Å². The van der Waals surface area contributed by atoms with Crippen LogP contribution in [0, 0.1) is 0 Å². The Morgan fingerprint density at radius 2 is 1.76 bits per heavy atom. The summed E-state index contributed by atoms with van der Waals surface area (Å²) in [7, 11) is 1.58. The molecule has 0 radical (unpaired) electrons. The summed E-state index contributed by atoms with van der Waals surface area (Å²) in [6.45, 7) is 1.33. The number of methoxy groups -OCH3 is 1. The second-order valence-electron chi connectivity index (χ2n) is 6.84. The molecule has 0 atom stereocenters. The number of benzene rings is 2. The number of fused-ring (bicyclic) bond motifs is 1. The van der Waals surface area contributed by atoms with Gasteiger partial charge in [-0.1, -0.05) is 30.3 Å². The molecule has 2 aromatic carbocycles. The second-order valence-corrected chi connectivity index (χ2v) is 6.84. The number of amides is 4. The lowest BCUT2D eigenvalue weighted by molar-refractivity contribution is 0.0638. The van der Waals surface area contributed by atoms with Crippen LogP contribution in [0.2, 0.25) is 0 Å². The van der Waals surface area contributed by atoms with Crippen molar-refractivity contribution >= 4 is 23.5 Å². The summed E-state index contributed by atoms with van der Waals surface area (Å²) in [4.78, 5) is 38.2. The lowest BCUT2D eigenvalue weighted by Gasteiger charge is -2.12. The molecular weight excluding hydrogens is 370 g/mol. The van der Waals surface area contributed by atoms with Gasteiger partial charge >= 0.3 is 6.03 Å². The van der Waals surface area contributed by atoms with Crippen molar-refractivity contribution in [3.63, 3.8) is 0 Å². The van der Waals surface area contributed by atoms with Gasteiger partial charge in [0.1, 0.15) is 0 Å². The zero-order valence-corrected chi connectivity index (χ0v) is 16.4. The molecule has 3 rings (SSSR count). The van der Waals surface area contributed by atoms with Crippen molar-refractivity contribution in [2.75, 3.05) is 32.1 Å². The van der Waals surface area contributed by atoms with Crippen molar-refractivity contribution < 1.29 is 19.1 Å². The molecule has 0 spiro atoms. The third-order valence-corrected chi connectivity index (χ3v) is 4.73. The molecule has 4 amide bonds. The van der Waals surface area contributed by atoms with Crippen LogP contribution in [0.1, 0.15) is 39.1 Å². The molecule has 0 fully saturated rings. The standard InChI is InChI=1S/C22H25N3O4/c1-29-14-6-13-25-20(26)18-11-10-17(15-19(18)21(25)27)24-22(28)23-12-5-9-16-7-3-2-4-8-16/h2-4,7-8,10-11,15H,5-6,9,12-14H2,1H3,(H2,23,24,28). The van der Waals surface area contributed by atoms with Crippen LogP contribution in [0.5, 0.6) is 0 Å². The monoisotopic (exact) mass is 395 g/mol. The Kier molecular flexibility index (Phi) is 6.97. The van der Waals surface area contributed by atoms with E-state index in [9.17, 15) is 14.4 Å². The molecule has 0 bridgehead atoms. The van der Waals surface area contributed by atoms with E-state index in [1.54, 1.807) is 25.3 Å². The van der Waals surface area contributed by atoms with Gasteiger partial charge < -0.3 is 15.4 Å². The molecule has 0 saturated carbocycles. The third kappa shape index (κ3) is 5.20. The molecular formula is C22H25N3O4. The van der Waals surface area contributed by atoms with Gasteiger partial charge in [-0.2, -0.15) is 0 Å². The van der Waals surface area contributed by atoms with Gasteiger partial charge in [-0.05, 0) is 43.0 Å². The molecule has 0 aliphatic carbocycles. The Labute approximate surface area is 170 Å². The zero-order chi connectivity index (χ0) is 20.6. The van der Waals surface area contributed by atoms with Crippen LogP contribution >= 0.6 is 0 Å². The molecule has 1 aliphatic rings. The third-order valence-electron chi connectivity index (χ3n) is 4.73. The summed E-state index contributed by atoms with van der Waals surface area (Å²) < 4.78 is 4.97. The summed E-state index contributed by atoms with van der Waals surface area (Å²) in [6.07, 6.45) is 2.29. The lowest BCUT2D eigenvalue weighted by atomic mass is 10.1. The molecule has 0 unspecified atom stereocenters. The first kappa shape index (κ1) is 20.5. The smallest absolute Gasteiger partial charge is 0.319 e. The number of nitrogens with one attached hydrogen (secondary N) is 2. The first-order valence-corrected chi connectivity index (χ1v) is 9.68. The number of aryl methyl sites for hydroxylation is 1. The first-order valence-electron chi connectivity index (χ1n) is 9.68. The number of hydrogen-bond acceptors (Lipinski definition) is 4. The van der Waals surface area contributed by atoms with E-state index in [0.717, 1.165) is 12.8 Å². The number of ether oxygens (including phenoxy) is 1. The Hall–Kier alpha value is -3.19. The second kappa shape index (κ2) is 9.84. The molecule has 7 nitrogen and oxygen atoms in total. The molecule has 0 saturated heterocycles. The largest absolute Gasteiger partial charge is 0.385 e. The minimum absolute atomic E-state index is 0.307. The predicted molar refractivity (Wildman–Crippen MR) is 110 cm³/mol. The molecule has 7 heteroatoms. The average molecular weight is 395 g/mol. The summed E-state index contributed by atoms with van der Waals surface area (Å²) >= 11 is 0. The highest BCUT2D eigenvalue weighted by molar-refractivity contribution is 6.21. The predicted octanol–water partition coefficient (Wildman–Crippen LogP) is 3.07. The van der Waals surface area contributed by atoms with Crippen LogP contribution in [-0.2, 0) is 11.2 Å². The minimum Gasteiger partial charge on any atom is -0.385 e. The number of urea groups is 1. The van der Waals surface area contributed by atoms with Gasteiger partial charge in [0.15, 0.2) is 0 Å². The summed E-state index contributed by atoms with van der Waals surface area (Å²) in [5, 5.41) is 5.53. The summed E-state index contributed by atoms with van der Waals surface area (Å²) in [6, 6.07) is 14.5. The zero-order valence-electron chi connectivity index (χ0n) is 16.4. The number of carbonyl (C=O) groups is 3. The Bertz CT molecular complexity index is 883. The van der Waals surface area contributed by atoms with Crippen LogP contribution in [0.15, 0.2) is 48.5 Å². The van der Waals surface area contributed by atoms with Crippen molar-refractivity contribution in [2.45, 2.75) is 19.3 Å². The lowest BCUT2D eigenvalue weighted by Crippen LogP contribution is -2.31. The topological polar surface area (TPSA) is 87.7 Å². The van der Waals surface area contributed by atoms with Gasteiger partial charge in [-0.3, -0.25) is 14.5 Å². The SMILES string of the molecule is COCCCN1C(=O)c2ccc(NC(=O)NCCCc3ccccc3)cc2C1=O. The van der Waals surface area contributed by atoms with E-state index < -0.39 is 0 Å². The number of carbonyl (C=O) groups excluding carboxylic acids is 3. The molecule has 2 N–H and O–H groups in total. The molecule has 1 heterocycles. The van der Waals surface area contributed by atoms with Gasteiger partial charge in [0.05, 0.1) is 11.1 Å². The number of hydrogen-bond donors (Lipinski definition) is 2. The van der Waals surface area contributed by atoms with E-state index in [-0.39, 0.29) is 17.8 Å². The first-order chi connectivity index (χ1) is 14.1. The van der Waals surface area contributed by atoms with Gasteiger partial charge in [-0.15, -0.1) is 0 Å². The fourth-order valence-electron chi connectivity index (χ4n) is 3.25. The van der Waals surface area contributed by atoms with Crippen LogP contribution in [0.25, 0.3) is 0 Å². The minimum atomic E-state index is -0.341. The highest BCUT2D eigenvalue weighted by atomic mass is 16.5. The van der Waals surface area contributed by atoms with Crippen molar-refractivity contribution in [1.82, 2.24) is 10.2 Å². The Morgan fingerprint density at radius 3 is 2.52 bits per heavy atom. The van der Waals surface area contributed by atoms with Crippen molar-refractivity contribution in [1.29, 1.82) is 0 Å². The molecule has 2 aromatic rings. The van der Waals surface area contributed by atoms with Crippen LogP contribution in [0.4, 0.5) is 10.5 Å². The highest BCUT2D eigenvalue weighted by Crippen LogP contribution is 2.26. The maximum Gasteiger partial charge on any atom is 0.319 e. The molecule has 0 aromatic heterocycles. The van der Waals surface area contributed by atoms with E-state index in [1.807, 2.05) is 18.2 Å². The average Bonchev–Trinajstić information content (AvgIpc) is 2.96. The molecule has 1 aliphatic heterocycles. The van der Waals surface area contributed by atoms with Crippen molar-refractivity contribution in [3.05, 3.63) is 65.2 Å². The van der Waals surface area contributed by atoms with Gasteiger partial charge in [0, 0.05) is 32.5 Å². The van der Waals surface area contributed by atoms with Gasteiger partial charge in [0.25, 0.3) is 11.8 Å². The number of imide groups is 1. The van der Waals surface area contributed by atoms with Crippen LogP contribution in [0.3, 0.4) is 0 Å². The van der Waals surface area contributed by atoms with Crippen molar-refractivity contribution in [2.24, 2.45) is 0 Å². The highest BCUT2D eigenvalue weighted by Gasteiger charge is 2.35. The fourth-order valence-corrected chi connectivity index (χ4v) is 3.25. The Balaban J connectivity index is 1.51. The van der Waals surface area contributed by atoms with Crippen LogP contribution in [-0.4, -0.2) is 49.6 Å². The quantitative estimate of drug-likeness (QED) is 0.505. The normalized spacial score (nSPS) is 12.8. The van der Waals surface area contributed by atoms with Crippen molar-refractivity contribution in [3.8, 4) is 0 Å². The fraction of sp³-hybridized carbons (Fsp3) is 0.318. The number of anilines is 1. The Morgan fingerprint density at radius 1 is 1.00 bits per heavy atom. The maximum atomic E-state index is 12.5.